The first-order valence-corrected chi connectivity index (χ1v) is 12.0. The van der Waals surface area contributed by atoms with Gasteiger partial charge in [-0.1, -0.05) is 50.2 Å². The Bertz CT molecular complexity index is 1580. The molecule has 0 spiro atoms. The zero-order chi connectivity index (χ0) is 26.3. The third-order valence-corrected chi connectivity index (χ3v) is 6.01. The van der Waals surface area contributed by atoms with Crippen molar-refractivity contribution in [3.63, 3.8) is 0 Å². The predicted molar refractivity (Wildman–Crippen MR) is 141 cm³/mol. The van der Waals surface area contributed by atoms with Crippen molar-refractivity contribution < 1.29 is 8.78 Å². The molecule has 0 bridgehead atoms. The van der Waals surface area contributed by atoms with E-state index in [-0.39, 0.29) is 17.2 Å². The lowest BCUT2D eigenvalue weighted by Gasteiger charge is -2.16. The molecule has 0 aliphatic rings. The largest absolute Gasteiger partial charge is 0.360 e. The van der Waals surface area contributed by atoms with E-state index < -0.39 is 11.6 Å². The van der Waals surface area contributed by atoms with Crippen LogP contribution in [-0.4, -0.2) is 49.3 Å². The SMILES string of the molecule is CC(C)Cn1c(C(=N)N(C)C)nc2ccc(-c3[nH]c(-c4c(F)cccc4F)nc3-c3ccccc3)nc21. The van der Waals surface area contributed by atoms with Gasteiger partial charge in [-0.05, 0) is 30.2 Å². The standard InChI is InChI=1S/C28H27F2N7/c1-16(2)15-37-27-21(33-28(37)25(31)36(3)4)14-13-20(32-27)24-23(17-9-6-5-7-10-17)34-26(35-24)22-18(29)11-8-12-19(22)30/h5-14,16,31H,15H2,1-4H3,(H,34,35). The molecule has 0 aliphatic heterocycles. The lowest BCUT2D eigenvalue weighted by Crippen LogP contribution is -2.26. The quantitative estimate of drug-likeness (QED) is 0.222. The highest BCUT2D eigenvalue weighted by molar-refractivity contribution is 5.96. The molecule has 37 heavy (non-hydrogen) atoms. The highest BCUT2D eigenvalue weighted by atomic mass is 19.1. The molecule has 0 saturated heterocycles. The predicted octanol–water partition coefficient (Wildman–Crippen LogP) is 5.98. The number of nitrogens with one attached hydrogen (secondary N) is 2. The van der Waals surface area contributed by atoms with Crippen molar-refractivity contribution in [3.05, 3.63) is 78.1 Å². The molecule has 9 heteroatoms. The molecular formula is C28H27F2N7. The molecule has 0 saturated carbocycles. The van der Waals surface area contributed by atoms with Gasteiger partial charge in [-0.25, -0.2) is 23.7 Å². The van der Waals surface area contributed by atoms with Crippen LogP contribution in [0, 0.1) is 23.0 Å². The lowest BCUT2D eigenvalue weighted by atomic mass is 10.1. The minimum atomic E-state index is -0.704. The van der Waals surface area contributed by atoms with Crippen molar-refractivity contribution in [1.29, 1.82) is 5.41 Å². The number of hydrogen-bond donors (Lipinski definition) is 2. The molecule has 0 unspecified atom stereocenters. The number of imidazole rings is 2. The Hall–Kier alpha value is -4.40. The number of pyridine rings is 1. The first-order valence-electron chi connectivity index (χ1n) is 12.0. The minimum Gasteiger partial charge on any atom is -0.360 e. The van der Waals surface area contributed by atoms with Crippen molar-refractivity contribution in [1.82, 2.24) is 29.4 Å². The second-order valence-electron chi connectivity index (χ2n) is 9.49. The van der Waals surface area contributed by atoms with Crippen LogP contribution in [0.3, 0.4) is 0 Å². The molecular weight excluding hydrogens is 472 g/mol. The molecule has 2 aromatic carbocycles. The molecule has 0 aliphatic carbocycles. The fourth-order valence-corrected chi connectivity index (χ4v) is 4.27. The summed E-state index contributed by atoms with van der Waals surface area (Å²) in [7, 11) is 3.61. The molecule has 0 atom stereocenters. The molecule has 0 fully saturated rings. The van der Waals surface area contributed by atoms with E-state index in [1.165, 1.54) is 18.2 Å². The van der Waals surface area contributed by atoms with E-state index in [9.17, 15) is 8.78 Å². The summed E-state index contributed by atoms with van der Waals surface area (Å²) in [5.41, 5.74) is 3.46. The van der Waals surface area contributed by atoms with Gasteiger partial charge in [0, 0.05) is 26.2 Å². The summed E-state index contributed by atoms with van der Waals surface area (Å²) in [6, 6.07) is 16.8. The van der Waals surface area contributed by atoms with Crippen molar-refractivity contribution in [2.45, 2.75) is 20.4 Å². The highest BCUT2D eigenvalue weighted by Crippen LogP contribution is 2.34. The summed E-state index contributed by atoms with van der Waals surface area (Å²) in [6.07, 6.45) is 0. The van der Waals surface area contributed by atoms with Crippen LogP contribution in [0.5, 0.6) is 0 Å². The Balaban J connectivity index is 1.74. The average Bonchev–Trinajstić information content (AvgIpc) is 3.45. The summed E-state index contributed by atoms with van der Waals surface area (Å²) < 4.78 is 31.3. The van der Waals surface area contributed by atoms with E-state index >= 15 is 0 Å². The maximum atomic E-state index is 14.7. The zero-order valence-corrected chi connectivity index (χ0v) is 21.0. The van der Waals surface area contributed by atoms with E-state index in [0.29, 0.717) is 46.5 Å². The third-order valence-electron chi connectivity index (χ3n) is 6.01. The van der Waals surface area contributed by atoms with Crippen LogP contribution in [0.15, 0.2) is 60.7 Å². The van der Waals surface area contributed by atoms with Gasteiger partial charge in [-0.2, -0.15) is 0 Å². The normalized spacial score (nSPS) is 11.4. The van der Waals surface area contributed by atoms with Crippen molar-refractivity contribution in [2.24, 2.45) is 5.92 Å². The first-order chi connectivity index (χ1) is 17.7. The molecule has 7 nitrogen and oxygen atoms in total. The van der Waals surface area contributed by atoms with Gasteiger partial charge < -0.3 is 14.5 Å². The molecule has 188 valence electrons. The molecule has 0 radical (unpaired) electrons. The second-order valence-corrected chi connectivity index (χ2v) is 9.49. The number of aromatic nitrogens is 5. The molecule has 0 amide bonds. The summed E-state index contributed by atoms with van der Waals surface area (Å²) >= 11 is 0. The smallest absolute Gasteiger partial charge is 0.177 e. The van der Waals surface area contributed by atoms with Crippen LogP contribution in [0.25, 0.3) is 45.2 Å². The van der Waals surface area contributed by atoms with Gasteiger partial charge in [0.1, 0.15) is 23.0 Å². The van der Waals surface area contributed by atoms with Crippen LogP contribution in [-0.2, 0) is 6.54 Å². The maximum Gasteiger partial charge on any atom is 0.177 e. The van der Waals surface area contributed by atoms with Crippen LogP contribution in [0.2, 0.25) is 0 Å². The number of aromatic amines is 1. The molecule has 3 heterocycles. The second kappa shape index (κ2) is 9.57. The summed E-state index contributed by atoms with van der Waals surface area (Å²) in [6.45, 7) is 4.81. The topological polar surface area (TPSA) is 86.5 Å². The van der Waals surface area contributed by atoms with Crippen molar-refractivity contribution >= 4 is 17.0 Å². The first kappa shape index (κ1) is 24.3. The third kappa shape index (κ3) is 4.48. The van der Waals surface area contributed by atoms with Gasteiger partial charge >= 0.3 is 0 Å². The number of halogens is 2. The van der Waals surface area contributed by atoms with Crippen LogP contribution in [0.1, 0.15) is 19.7 Å². The summed E-state index contributed by atoms with van der Waals surface area (Å²) in [4.78, 5) is 19.1. The van der Waals surface area contributed by atoms with Crippen LogP contribution >= 0.6 is 0 Å². The van der Waals surface area contributed by atoms with Crippen LogP contribution in [0.4, 0.5) is 8.78 Å². The Morgan fingerprint density at radius 1 is 0.946 bits per heavy atom. The molecule has 3 aromatic heterocycles. The fraction of sp³-hybridized carbons (Fsp3) is 0.214. The number of H-pyrrole nitrogens is 1. The van der Waals surface area contributed by atoms with E-state index in [0.717, 1.165) is 5.56 Å². The average molecular weight is 500 g/mol. The van der Waals surface area contributed by atoms with E-state index in [2.05, 4.69) is 28.8 Å². The summed E-state index contributed by atoms with van der Waals surface area (Å²) in [5, 5.41) is 8.53. The molecule has 2 N–H and O–H groups in total. The van der Waals surface area contributed by atoms with Gasteiger partial charge in [0.05, 0.1) is 22.6 Å². The minimum absolute atomic E-state index is 0.0807. The fourth-order valence-electron chi connectivity index (χ4n) is 4.27. The Kier molecular flexibility index (Phi) is 6.29. The molecule has 5 aromatic rings. The Morgan fingerprint density at radius 2 is 1.65 bits per heavy atom. The molecule has 5 rings (SSSR count). The van der Waals surface area contributed by atoms with Crippen molar-refractivity contribution in [3.8, 4) is 34.0 Å². The number of benzene rings is 2. The number of amidine groups is 1. The van der Waals surface area contributed by atoms with E-state index in [4.69, 9.17) is 10.4 Å². The van der Waals surface area contributed by atoms with Crippen LogP contribution < -0.4 is 0 Å². The highest BCUT2D eigenvalue weighted by Gasteiger charge is 2.23. The van der Waals surface area contributed by atoms with Gasteiger partial charge in [-0.3, -0.25) is 5.41 Å². The summed E-state index contributed by atoms with van der Waals surface area (Å²) in [5.74, 6) is -0.226. The van der Waals surface area contributed by atoms with Crippen molar-refractivity contribution in [2.75, 3.05) is 14.1 Å². The van der Waals surface area contributed by atoms with E-state index in [1.54, 1.807) is 25.1 Å². The number of rotatable bonds is 6. The Morgan fingerprint density at radius 3 is 2.30 bits per heavy atom. The monoisotopic (exact) mass is 499 g/mol. The van der Waals surface area contributed by atoms with Gasteiger partial charge in [0.2, 0.25) is 0 Å². The number of nitrogens with zero attached hydrogens (tertiary/aromatic N) is 5. The Labute approximate surface area is 213 Å². The number of hydrogen-bond acceptors (Lipinski definition) is 4. The van der Waals surface area contributed by atoms with E-state index in [1.807, 2.05) is 41.0 Å². The number of fused-ring (bicyclic) bond motifs is 1. The zero-order valence-electron chi connectivity index (χ0n) is 21.0. The van der Waals surface area contributed by atoms with Gasteiger partial charge in [-0.15, -0.1) is 0 Å². The maximum absolute atomic E-state index is 14.7. The van der Waals surface area contributed by atoms with Gasteiger partial charge in [0.25, 0.3) is 0 Å². The van der Waals surface area contributed by atoms with Gasteiger partial charge in [0.15, 0.2) is 17.3 Å². The lowest BCUT2D eigenvalue weighted by molar-refractivity contribution is 0.520.